The Balaban J connectivity index is 1.70. The van der Waals surface area contributed by atoms with E-state index < -0.39 is 33.7 Å². The molecule has 2 aliphatic heterocycles. The summed E-state index contributed by atoms with van der Waals surface area (Å²) in [5, 5.41) is 1.41. The Labute approximate surface area is 196 Å². The number of thioether (sulfide) groups is 1. The minimum atomic E-state index is -4.57. The number of hydrogen-bond acceptors (Lipinski definition) is 5. The number of nitrogens with zero attached hydrogens (tertiary/aromatic N) is 2. The first-order valence-corrected chi connectivity index (χ1v) is 12.9. The Morgan fingerprint density at radius 1 is 1.06 bits per heavy atom. The lowest BCUT2D eigenvalue weighted by Gasteiger charge is -2.28. The van der Waals surface area contributed by atoms with Gasteiger partial charge in [-0.1, -0.05) is 52.6 Å². The van der Waals surface area contributed by atoms with Crippen LogP contribution in [0.5, 0.6) is 0 Å². The van der Waals surface area contributed by atoms with Crippen LogP contribution in [0, 0.1) is 0 Å². The molecule has 4 rings (SSSR count). The number of hydrogen-bond donors (Lipinski definition) is 0. The maximum atomic E-state index is 13.3. The molecule has 2 atom stereocenters. The minimum Gasteiger partial charge on any atom is -0.313 e. The minimum absolute atomic E-state index is 0.0783. The SMILES string of the molecule is O=S1(=O)CC2N=C(SCc3ccc(Cl)cc3Cl)N(c3cc(C(F)(F)F)ccc3Cl)C2C1. The standard InChI is InChI=1S/C19H14Cl3F3N2O2S2/c20-12-3-1-10(14(22)6-12)7-30-18-26-15-8-31(28,29)9-17(15)27(18)16-5-11(19(23,24)25)2-4-13(16)21/h1-6,15,17H,7-9H2. The summed E-state index contributed by atoms with van der Waals surface area (Å²) in [5.41, 5.74) is -0.0330. The third-order valence-corrected chi connectivity index (χ3v) is 8.63. The number of amidine groups is 1. The first-order valence-electron chi connectivity index (χ1n) is 8.95. The molecule has 2 unspecified atom stereocenters. The highest BCUT2D eigenvalue weighted by molar-refractivity contribution is 8.13. The van der Waals surface area contributed by atoms with Crippen molar-refractivity contribution >= 4 is 67.3 Å². The van der Waals surface area contributed by atoms with Crippen molar-refractivity contribution in [3.63, 3.8) is 0 Å². The highest BCUT2D eigenvalue weighted by atomic mass is 35.5. The topological polar surface area (TPSA) is 49.7 Å². The van der Waals surface area contributed by atoms with E-state index in [1.165, 1.54) is 16.7 Å². The summed E-state index contributed by atoms with van der Waals surface area (Å²) in [6.45, 7) is 0. The molecule has 0 N–H and O–H groups in total. The molecule has 2 aromatic carbocycles. The lowest BCUT2D eigenvalue weighted by molar-refractivity contribution is -0.137. The third kappa shape index (κ3) is 4.80. The van der Waals surface area contributed by atoms with Crippen molar-refractivity contribution in [3.8, 4) is 0 Å². The van der Waals surface area contributed by atoms with Crippen LogP contribution in [-0.4, -0.2) is 37.2 Å². The smallest absolute Gasteiger partial charge is 0.313 e. The fourth-order valence-corrected chi connectivity index (χ4v) is 7.30. The molecule has 2 aliphatic rings. The van der Waals surface area contributed by atoms with Gasteiger partial charge < -0.3 is 4.90 Å². The number of halogens is 6. The fraction of sp³-hybridized carbons (Fsp3) is 0.316. The van der Waals surface area contributed by atoms with Gasteiger partial charge in [0.1, 0.15) is 0 Å². The molecule has 2 heterocycles. The van der Waals surface area contributed by atoms with E-state index >= 15 is 0 Å². The second kappa shape index (κ2) is 8.33. The van der Waals surface area contributed by atoms with E-state index in [9.17, 15) is 21.6 Å². The van der Waals surface area contributed by atoms with E-state index in [1.807, 2.05) is 0 Å². The Morgan fingerprint density at radius 3 is 2.48 bits per heavy atom. The molecule has 0 bridgehead atoms. The molecule has 2 aromatic rings. The Hall–Kier alpha value is -1.13. The normalized spacial score (nSPS) is 22.5. The molecule has 0 saturated carbocycles. The second-order valence-corrected chi connectivity index (χ2v) is 11.5. The van der Waals surface area contributed by atoms with Gasteiger partial charge in [-0.05, 0) is 35.9 Å². The van der Waals surface area contributed by atoms with E-state index in [2.05, 4.69) is 4.99 Å². The number of rotatable bonds is 3. The molecule has 0 radical (unpaired) electrons. The lowest BCUT2D eigenvalue weighted by Crippen LogP contribution is -2.39. The molecule has 1 fully saturated rings. The van der Waals surface area contributed by atoms with Crippen molar-refractivity contribution in [2.45, 2.75) is 24.0 Å². The predicted octanol–water partition coefficient (Wildman–Crippen LogP) is 5.94. The van der Waals surface area contributed by atoms with Crippen molar-refractivity contribution in [3.05, 3.63) is 62.6 Å². The molecular weight excluding hydrogens is 516 g/mol. The molecule has 4 nitrogen and oxygen atoms in total. The van der Waals surface area contributed by atoms with Crippen LogP contribution in [0.15, 0.2) is 41.4 Å². The molecule has 0 aliphatic carbocycles. The zero-order chi connectivity index (χ0) is 22.6. The summed E-state index contributed by atoms with van der Waals surface area (Å²) in [6, 6.07) is 6.83. The van der Waals surface area contributed by atoms with Gasteiger partial charge in [0.2, 0.25) is 0 Å². The van der Waals surface area contributed by atoms with Gasteiger partial charge in [-0.15, -0.1) is 0 Å². The van der Waals surface area contributed by atoms with E-state index in [1.54, 1.807) is 18.2 Å². The van der Waals surface area contributed by atoms with Gasteiger partial charge in [0, 0.05) is 15.8 Å². The van der Waals surface area contributed by atoms with Crippen molar-refractivity contribution in [1.29, 1.82) is 0 Å². The predicted molar refractivity (Wildman–Crippen MR) is 120 cm³/mol. The number of sulfone groups is 1. The number of fused-ring (bicyclic) bond motifs is 1. The highest BCUT2D eigenvalue weighted by Gasteiger charge is 2.48. The zero-order valence-electron chi connectivity index (χ0n) is 15.5. The third-order valence-electron chi connectivity index (χ3n) is 5.01. The Kier molecular flexibility index (Phi) is 6.20. The molecule has 0 spiro atoms. The van der Waals surface area contributed by atoms with Crippen molar-refractivity contribution in [2.75, 3.05) is 16.4 Å². The summed E-state index contributed by atoms with van der Waals surface area (Å²) in [6.07, 6.45) is -4.57. The van der Waals surface area contributed by atoms with Gasteiger partial charge >= 0.3 is 6.18 Å². The van der Waals surface area contributed by atoms with Crippen LogP contribution in [0.1, 0.15) is 11.1 Å². The molecular formula is C19H14Cl3F3N2O2S2. The number of benzene rings is 2. The van der Waals surface area contributed by atoms with Crippen LogP contribution in [0.4, 0.5) is 18.9 Å². The van der Waals surface area contributed by atoms with Crippen LogP contribution in [0.25, 0.3) is 0 Å². The van der Waals surface area contributed by atoms with Gasteiger partial charge in [-0.2, -0.15) is 13.2 Å². The van der Waals surface area contributed by atoms with Crippen LogP contribution in [0.2, 0.25) is 15.1 Å². The zero-order valence-corrected chi connectivity index (χ0v) is 19.4. The summed E-state index contributed by atoms with van der Waals surface area (Å²) >= 11 is 19.6. The number of anilines is 1. The average Bonchev–Trinajstić information content (AvgIpc) is 3.11. The summed E-state index contributed by atoms with van der Waals surface area (Å²) < 4.78 is 64.2. The van der Waals surface area contributed by atoms with Gasteiger partial charge in [-0.3, -0.25) is 4.99 Å². The molecule has 31 heavy (non-hydrogen) atoms. The van der Waals surface area contributed by atoms with Crippen molar-refractivity contribution in [2.24, 2.45) is 4.99 Å². The summed E-state index contributed by atoms with van der Waals surface area (Å²) in [4.78, 5) is 6.03. The molecule has 0 aromatic heterocycles. The van der Waals surface area contributed by atoms with E-state index in [4.69, 9.17) is 34.8 Å². The first kappa shape index (κ1) is 23.0. The second-order valence-electron chi connectivity index (χ2n) is 7.18. The van der Waals surface area contributed by atoms with Crippen LogP contribution >= 0.6 is 46.6 Å². The van der Waals surface area contributed by atoms with Gasteiger partial charge in [0.05, 0.1) is 39.9 Å². The molecule has 1 saturated heterocycles. The van der Waals surface area contributed by atoms with Crippen molar-refractivity contribution < 1.29 is 21.6 Å². The van der Waals surface area contributed by atoms with Gasteiger partial charge in [0.25, 0.3) is 0 Å². The summed E-state index contributed by atoms with van der Waals surface area (Å²) in [7, 11) is -3.36. The van der Waals surface area contributed by atoms with Gasteiger partial charge in [-0.25, -0.2) is 8.42 Å². The maximum absolute atomic E-state index is 13.3. The Bertz CT molecular complexity index is 1170. The monoisotopic (exact) mass is 528 g/mol. The quantitative estimate of drug-likeness (QED) is 0.494. The van der Waals surface area contributed by atoms with E-state index in [0.717, 1.165) is 23.8 Å². The van der Waals surface area contributed by atoms with Crippen molar-refractivity contribution in [1.82, 2.24) is 0 Å². The van der Waals surface area contributed by atoms with E-state index in [0.29, 0.717) is 21.0 Å². The fourth-order valence-electron chi connectivity index (χ4n) is 3.57. The number of alkyl halides is 3. The van der Waals surface area contributed by atoms with Crippen LogP contribution in [-0.2, 0) is 21.8 Å². The first-order chi connectivity index (χ1) is 14.4. The highest BCUT2D eigenvalue weighted by Crippen LogP contribution is 2.42. The molecule has 166 valence electrons. The lowest BCUT2D eigenvalue weighted by atomic mass is 10.1. The largest absolute Gasteiger partial charge is 0.416 e. The van der Waals surface area contributed by atoms with Crippen LogP contribution < -0.4 is 4.90 Å². The molecule has 0 amide bonds. The van der Waals surface area contributed by atoms with E-state index in [-0.39, 0.29) is 22.2 Å². The average molecular weight is 530 g/mol. The Morgan fingerprint density at radius 2 is 1.81 bits per heavy atom. The number of aliphatic imine (C=N–C) groups is 1. The summed E-state index contributed by atoms with van der Waals surface area (Å²) in [5.74, 6) is 0.00408. The molecule has 12 heteroatoms. The van der Waals surface area contributed by atoms with Gasteiger partial charge in [0.15, 0.2) is 15.0 Å². The van der Waals surface area contributed by atoms with Crippen LogP contribution in [0.3, 0.4) is 0 Å². The maximum Gasteiger partial charge on any atom is 0.416 e.